The molecule has 1 aromatic heterocycles. The fourth-order valence-electron chi connectivity index (χ4n) is 1.34. The van der Waals surface area contributed by atoms with Crippen LogP contribution in [0.4, 0.5) is 5.69 Å². The first-order valence-corrected chi connectivity index (χ1v) is 5.51. The number of aromatic nitrogens is 1. The average Bonchev–Trinajstić information content (AvgIpc) is 2.36. The molecule has 0 aliphatic heterocycles. The van der Waals surface area contributed by atoms with Gasteiger partial charge in [-0.2, -0.15) is 5.26 Å². The van der Waals surface area contributed by atoms with Gasteiger partial charge in [0.25, 0.3) is 5.91 Å². The van der Waals surface area contributed by atoms with Crippen molar-refractivity contribution in [1.29, 1.82) is 5.26 Å². The van der Waals surface area contributed by atoms with E-state index in [1.54, 1.807) is 19.3 Å². The maximum absolute atomic E-state index is 11.9. The Morgan fingerprint density at radius 3 is 2.88 bits per heavy atom. The fraction of sp³-hybridized carbons (Fsp3) is 0.417. The number of nitrogens with one attached hydrogen (secondary N) is 1. The van der Waals surface area contributed by atoms with E-state index in [9.17, 15) is 4.79 Å². The third kappa shape index (κ3) is 3.76. The molecule has 0 radical (unpaired) electrons. The number of hydrogen-bond donors (Lipinski definition) is 1. The van der Waals surface area contributed by atoms with Crippen LogP contribution >= 0.6 is 0 Å². The van der Waals surface area contributed by atoms with Gasteiger partial charge in [-0.05, 0) is 19.1 Å². The Morgan fingerprint density at radius 1 is 1.59 bits per heavy atom. The van der Waals surface area contributed by atoms with Gasteiger partial charge in [0.05, 0.1) is 24.4 Å². The molecular formula is C12H16N4O. The Labute approximate surface area is 101 Å². The summed E-state index contributed by atoms with van der Waals surface area (Å²) < 4.78 is 0. The standard InChI is InChI=1S/C12H16N4O/c1-3-14-10-5-6-11(15-9-10)12(17)16(2)8-4-7-13/h5-6,9,14H,3-4,8H2,1-2H3. The molecule has 1 aromatic rings. The van der Waals surface area contributed by atoms with Gasteiger partial charge in [0.15, 0.2) is 0 Å². The summed E-state index contributed by atoms with van der Waals surface area (Å²) >= 11 is 0. The Balaban J connectivity index is 2.66. The third-order valence-corrected chi connectivity index (χ3v) is 2.27. The number of nitrogens with zero attached hydrogens (tertiary/aromatic N) is 3. The lowest BCUT2D eigenvalue weighted by Gasteiger charge is -2.14. The third-order valence-electron chi connectivity index (χ3n) is 2.27. The molecule has 0 unspecified atom stereocenters. The van der Waals surface area contributed by atoms with E-state index < -0.39 is 0 Å². The van der Waals surface area contributed by atoms with E-state index in [2.05, 4.69) is 10.3 Å². The van der Waals surface area contributed by atoms with Gasteiger partial charge >= 0.3 is 0 Å². The second-order valence-electron chi connectivity index (χ2n) is 3.60. The summed E-state index contributed by atoms with van der Waals surface area (Å²) in [5, 5.41) is 11.6. The Bertz CT molecular complexity index is 408. The lowest BCUT2D eigenvalue weighted by atomic mass is 10.3. The van der Waals surface area contributed by atoms with Gasteiger partial charge < -0.3 is 10.2 Å². The van der Waals surface area contributed by atoms with Crippen LogP contribution in [-0.4, -0.2) is 35.9 Å². The monoisotopic (exact) mass is 232 g/mol. The zero-order valence-electron chi connectivity index (χ0n) is 10.1. The molecule has 0 atom stereocenters. The highest BCUT2D eigenvalue weighted by Gasteiger charge is 2.12. The topological polar surface area (TPSA) is 69.0 Å². The molecule has 0 bridgehead atoms. The first-order valence-electron chi connectivity index (χ1n) is 5.51. The molecule has 1 heterocycles. The second-order valence-corrected chi connectivity index (χ2v) is 3.60. The first-order chi connectivity index (χ1) is 8.19. The Kier molecular flexibility index (Phi) is 4.95. The lowest BCUT2D eigenvalue weighted by Crippen LogP contribution is -2.28. The fourth-order valence-corrected chi connectivity index (χ4v) is 1.34. The summed E-state index contributed by atoms with van der Waals surface area (Å²) in [5.74, 6) is -0.164. The normalized spacial score (nSPS) is 9.47. The van der Waals surface area contributed by atoms with Crippen molar-refractivity contribution < 1.29 is 4.79 Å². The van der Waals surface area contributed by atoms with E-state index in [0.717, 1.165) is 12.2 Å². The van der Waals surface area contributed by atoms with Crippen LogP contribution < -0.4 is 5.32 Å². The van der Waals surface area contributed by atoms with Crippen molar-refractivity contribution in [2.75, 3.05) is 25.5 Å². The predicted octanol–water partition coefficient (Wildman–Crippen LogP) is 1.50. The summed E-state index contributed by atoms with van der Waals surface area (Å²) in [4.78, 5) is 17.4. The van der Waals surface area contributed by atoms with E-state index in [-0.39, 0.29) is 5.91 Å². The number of pyridine rings is 1. The van der Waals surface area contributed by atoms with Crippen LogP contribution in [0.15, 0.2) is 18.3 Å². The van der Waals surface area contributed by atoms with Gasteiger partial charge in [-0.25, -0.2) is 4.98 Å². The van der Waals surface area contributed by atoms with Crippen LogP contribution in [0.1, 0.15) is 23.8 Å². The number of hydrogen-bond acceptors (Lipinski definition) is 4. The highest BCUT2D eigenvalue weighted by molar-refractivity contribution is 5.92. The highest BCUT2D eigenvalue weighted by Crippen LogP contribution is 2.07. The minimum absolute atomic E-state index is 0.164. The Morgan fingerprint density at radius 2 is 2.35 bits per heavy atom. The van der Waals surface area contributed by atoms with Crippen molar-refractivity contribution in [2.45, 2.75) is 13.3 Å². The van der Waals surface area contributed by atoms with E-state index in [1.165, 1.54) is 4.90 Å². The lowest BCUT2D eigenvalue weighted by molar-refractivity contribution is 0.0792. The summed E-state index contributed by atoms with van der Waals surface area (Å²) in [7, 11) is 1.67. The first kappa shape index (κ1) is 13.0. The van der Waals surface area contributed by atoms with E-state index in [1.807, 2.05) is 19.1 Å². The van der Waals surface area contributed by atoms with Crippen molar-refractivity contribution in [1.82, 2.24) is 9.88 Å². The van der Waals surface area contributed by atoms with Crippen molar-refractivity contribution in [3.63, 3.8) is 0 Å². The molecule has 0 aliphatic rings. The number of carbonyl (C=O) groups is 1. The zero-order valence-corrected chi connectivity index (χ0v) is 10.1. The van der Waals surface area contributed by atoms with Crippen molar-refractivity contribution >= 4 is 11.6 Å². The largest absolute Gasteiger partial charge is 0.384 e. The van der Waals surface area contributed by atoms with Crippen LogP contribution in [0.25, 0.3) is 0 Å². The van der Waals surface area contributed by atoms with Gasteiger partial charge in [0, 0.05) is 20.1 Å². The molecule has 1 amide bonds. The number of carbonyl (C=O) groups excluding carboxylic acids is 1. The molecule has 0 aliphatic carbocycles. The number of amides is 1. The molecule has 5 nitrogen and oxygen atoms in total. The van der Waals surface area contributed by atoms with Gasteiger partial charge in [0.1, 0.15) is 5.69 Å². The van der Waals surface area contributed by atoms with E-state index in [0.29, 0.717) is 18.7 Å². The molecule has 90 valence electrons. The maximum Gasteiger partial charge on any atom is 0.272 e. The summed E-state index contributed by atoms with van der Waals surface area (Å²) in [6.07, 6.45) is 1.96. The maximum atomic E-state index is 11.9. The summed E-state index contributed by atoms with van der Waals surface area (Å²) in [5.41, 5.74) is 1.29. The molecule has 1 rings (SSSR count). The van der Waals surface area contributed by atoms with Crippen LogP contribution in [0.5, 0.6) is 0 Å². The van der Waals surface area contributed by atoms with E-state index in [4.69, 9.17) is 5.26 Å². The van der Waals surface area contributed by atoms with E-state index >= 15 is 0 Å². The summed E-state index contributed by atoms with van der Waals surface area (Å²) in [6.45, 7) is 3.23. The minimum Gasteiger partial charge on any atom is -0.384 e. The van der Waals surface area contributed by atoms with Crippen molar-refractivity contribution in [3.8, 4) is 6.07 Å². The predicted molar refractivity (Wildman–Crippen MR) is 65.6 cm³/mol. The number of rotatable bonds is 5. The molecule has 0 fully saturated rings. The van der Waals surface area contributed by atoms with Crippen molar-refractivity contribution in [2.24, 2.45) is 0 Å². The molecule has 1 N–H and O–H groups in total. The van der Waals surface area contributed by atoms with Crippen LogP contribution in [0.3, 0.4) is 0 Å². The smallest absolute Gasteiger partial charge is 0.272 e. The molecule has 0 saturated carbocycles. The quantitative estimate of drug-likeness (QED) is 0.835. The van der Waals surface area contributed by atoms with Gasteiger partial charge in [-0.3, -0.25) is 4.79 Å². The molecule has 0 spiro atoms. The SMILES string of the molecule is CCNc1ccc(C(=O)N(C)CCC#N)nc1. The highest BCUT2D eigenvalue weighted by atomic mass is 16.2. The average molecular weight is 232 g/mol. The van der Waals surface area contributed by atoms with Crippen molar-refractivity contribution in [3.05, 3.63) is 24.0 Å². The molecule has 17 heavy (non-hydrogen) atoms. The number of nitriles is 1. The minimum atomic E-state index is -0.164. The number of anilines is 1. The van der Waals surface area contributed by atoms with Crippen LogP contribution in [-0.2, 0) is 0 Å². The van der Waals surface area contributed by atoms with Crippen LogP contribution in [0.2, 0.25) is 0 Å². The Hall–Kier alpha value is -2.09. The van der Waals surface area contributed by atoms with Gasteiger partial charge in [-0.1, -0.05) is 0 Å². The van der Waals surface area contributed by atoms with Crippen LogP contribution in [0, 0.1) is 11.3 Å². The summed E-state index contributed by atoms with van der Waals surface area (Å²) in [6, 6.07) is 5.51. The molecule has 5 heteroatoms. The second kappa shape index (κ2) is 6.48. The van der Waals surface area contributed by atoms with Gasteiger partial charge in [0.2, 0.25) is 0 Å². The molecular weight excluding hydrogens is 216 g/mol. The van der Waals surface area contributed by atoms with Gasteiger partial charge in [-0.15, -0.1) is 0 Å². The zero-order chi connectivity index (χ0) is 12.7. The molecule has 0 saturated heterocycles. The molecule has 0 aromatic carbocycles.